The van der Waals surface area contributed by atoms with Crippen molar-refractivity contribution in [1.82, 2.24) is 9.55 Å². The first-order valence-corrected chi connectivity index (χ1v) is 8.52. The van der Waals surface area contributed by atoms with Crippen LogP contribution in [0.2, 0.25) is 0 Å². The number of fused-ring (bicyclic) bond motifs is 1. The fourth-order valence-corrected chi connectivity index (χ4v) is 3.72. The predicted molar refractivity (Wildman–Crippen MR) is 95.7 cm³/mol. The van der Waals surface area contributed by atoms with Crippen molar-refractivity contribution in [2.75, 3.05) is 0 Å². The van der Waals surface area contributed by atoms with Crippen LogP contribution in [0, 0.1) is 0 Å². The molecule has 0 aliphatic rings. The van der Waals surface area contributed by atoms with E-state index in [1.165, 1.54) is 29.8 Å². The molecule has 0 saturated heterocycles. The highest BCUT2D eigenvalue weighted by Crippen LogP contribution is 2.31. The molecule has 124 valence electrons. The van der Waals surface area contributed by atoms with Crippen LogP contribution in [0.25, 0.3) is 20.7 Å². The number of carboxylic acids is 1. The van der Waals surface area contributed by atoms with Gasteiger partial charge in [-0.15, -0.1) is 11.3 Å². The maximum absolute atomic E-state index is 13.0. The Morgan fingerprint density at radius 3 is 2.54 bits per heavy atom. The zero-order valence-electron chi connectivity index (χ0n) is 13.7. The maximum atomic E-state index is 13.0. The molecule has 6 heteroatoms. The van der Waals surface area contributed by atoms with E-state index >= 15 is 0 Å². The first kappa shape index (κ1) is 16.4. The molecule has 0 aliphatic heterocycles. The summed E-state index contributed by atoms with van der Waals surface area (Å²) in [5, 5.41) is 9.97. The Morgan fingerprint density at radius 2 is 1.96 bits per heavy atom. The summed E-state index contributed by atoms with van der Waals surface area (Å²) in [6, 6.07) is 11.6. The molecule has 3 aromatic rings. The third-order valence-corrected chi connectivity index (χ3v) is 5.17. The lowest BCUT2D eigenvalue weighted by molar-refractivity contribution is -0.146. The van der Waals surface area contributed by atoms with Crippen molar-refractivity contribution in [3.8, 4) is 10.4 Å². The Balaban J connectivity index is 2.31. The molecular weight excluding hydrogens is 324 g/mol. The van der Waals surface area contributed by atoms with E-state index in [0.29, 0.717) is 22.5 Å². The molecule has 2 heterocycles. The topological polar surface area (TPSA) is 72.2 Å². The lowest BCUT2D eigenvalue weighted by Crippen LogP contribution is -2.44. The SMILES string of the molecule is CCc1nc2sc(-c3ccccc3)cc2c(=O)n1C(C)(C)C(=O)O. The fourth-order valence-electron chi connectivity index (χ4n) is 2.68. The molecule has 1 N–H and O–H groups in total. The molecule has 24 heavy (non-hydrogen) atoms. The van der Waals surface area contributed by atoms with Crippen molar-refractivity contribution in [2.24, 2.45) is 0 Å². The normalized spacial score (nSPS) is 11.8. The third kappa shape index (κ3) is 2.53. The summed E-state index contributed by atoms with van der Waals surface area (Å²) in [6.07, 6.45) is 0.487. The summed E-state index contributed by atoms with van der Waals surface area (Å²) >= 11 is 1.45. The molecular formula is C18H18N2O3S. The van der Waals surface area contributed by atoms with Gasteiger partial charge in [0.1, 0.15) is 16.2 Å². The molecule has 1 aromatic carbocycles. The molecule has 3 rings (SSSR count). The number of aromatic nitrogens is 2. The zero-order valence-corrected chi connectivity index (χ0v) is 14.6. The van der Waals surface area contributed by atoms with Crippen LogP contribution in [-0.2, 0) is 16.8 Å². The van der Waals surface area contributed by atoms with Crippen molar-refractivity contribution in [2.45, 2.75) is 32.7 Å². The standard InChI is InChI=1S/C18H18N2O3S/c1-4-14-19-15-12(16(21)20(14)18(2,3)17(22)23)10-13(24-15)11-8-6-5-7-9-11/h5-10H,4H2,1-3H3,(H,22,23). The lowest BCUT2D eigenvalue weighted by Gasteiger charge is -2.25. The Morgan fingerprint density at radius 1 is 1.29 bits per heavy atom. The largest absolute Gasteiger partial charge is 0.480 e. The molecule has 0 aliphatic carbocycles. The van der Waals surface area contributed by atoms with Crippen LogP contribution in [0.1, 0.15) is 26.6 Å². The highest BCUT2D eigenvalue weighted by Gasteiger charge is 2.33. The minimum atomic E-state index is -1.35. The van der Waals surface area contributed by atoms with Gasteiger partial charge in [-0.1, -0.05) is 37.3 Å². The second-order valence-electron chi connectivity index (χ2n) is 6.08. The van der Waals surface area contributed by atoms with Gasteiger partial charge in [-0.2, -0.15) is 0 Å². The monoisotopic (exact) mass is 342 g/mol. The van der Waals surface area contributed by atoms with E-state index in [0.717, 1.165) is 10.4 Å². The van der Waals surface area contributed by atoms with Gasteiger partial charge in [-0.3, -0.25) is 9.36 Å². The Bertz CT molecular complexity index is 971. The van der Waals surface area contributed by atoms with E-state index in [4.69, 9.17) is 0 Å². The third-order valence-electron chi connectivity index (χ3n) is 4.09. The number of nitrogens with zero attached hydrogens (tertiary/aromatic N) is 2. The van der Waals surface area contributed by atoms with E-state index in [-0.39, 0.29) is 5.56 Å². The van der Waals surface area contributed by atoms with Crippen LogP contribution in [0.5, 0.6) is 0 Å². The van der Waals surface area contributed by atoms with E-state index in [9.17, 15) is 14.7 Å². The van der Waals surface area contributed by atoms with Gasteiger partial charge in [0.15, 0.2) is 0 Å². The zero-order chi connectivity index (χ0) is 17.5. The number of thiophene rings is 1. The minimum absolute atomic E-state index is 0.303. The summed E-state index contributed by atoms with van der Waals surface area (Å²) in [7, 11) is 0. The average molecular weight is 342 g/mol. The van der Waals surface area contributed by atoms with Gasteiger partial charge in [0.25, 0.3) is 5.56 Å². The van der Waals surface area contributed by atoms with Crippen LogP contribution >= 0.6 is 11.3 Å². The molecule has 0 spiro atoms. The van der Waals surface area contributed by atoms with Crippen molar-refractivity contribution < 1.29 is 9.90 Å². The second-order valence-corrected chi connectivity index (χ2v) is 7.11. The molecule has 2 aromatic heterocycles. The molecule has 0 unspecified atom stereocenters. The number of rotatable bonds is 4. The highest BCUT2D eigenvalue weighted by atomic mass is 32.1. The lowest BCUT2D eigenvalue weighted by atomic mass is 10.0. The quantitative estimate of drug-likeness (QED) is 0.787. The van der Waals surface area contributed by atoms with Crippen LogP contribution in [-0.4, -0.2) is 20.6 Å². The first-order valence-electron chi connectivity index (χ1n) is 7.71. The number of aryl methyl sites for hydroxylation is 1. The molecule has 0 atom stereocenters. The summed E-state index contributed by atoms with van der Waals surface area (Å²) in [5.74, 6) is -0.569. The average Bonchev–Trinajstić information content (AvgIpc) is 2.99. The summed E-state index contributed by atoms with van der Waals surface area (Å²) < 4.78 is 1.30. The van der Waals surface area contributed by atoms with Gasteiger partial charge in [0.05, 0.1) is 5.39 Å². The molecule has 0 fully saturated rings. The Hall–Kier alpha value is -2.47. The van der Waals surface area contributed by atoms with E-state index < -0.39 is 11.5 Å². The number of carboxylic acid groups (broad SMARTS) is 1. The second kappa shape index (κ2) is 5.87. The predicted octanol–water partition coefficient (Wildman–Crippen LogP) is 3.51. The van der Waals surface area contributed by atoms with Gasteiger partial charge >= 0.3 is 5.97 Å². The van der Waals surface area contributed by atoms with Crippen molar-refractivity contribution in [3.63, 3.8) is 0 Å². The molecule has 0 bridgehead atoms. The van der Waals surface area contributed by atoms with E-state index in [1.807, 2.05) is 37.3 Å². The number of hydrogen-bond donors (Lipinski definition) is 1. The van der Waals surface area contributed by atoms with Crippen LogP contribution < -0.4 is 5.56 Å². The van der Waals surface area contributed by atoms with Crippen molar-refractivity contribution >= 4 is 27.5 Å². The smallest absolute Gasteiger partial charge is 0.329 e. The number of carbonyl (C=O) groups is 1. The van der Waals surface area contributed by atoms with Gasteiger partial charge in [0, 0.05) is 11.3 Å². The van der Waals surface area contributed by atoms with Crippen molar-refractivity contribution in [3.05, 3.63) is 52.6 Å². The first-order chi connectivity index (χ1) is 11.4. The Labute approximate surface area is 143 Å². The summed E-state index contributed by atoms with van der Waals surface area (Å²) in [6.45, 7) is 4.91. The van der Waals surface area contributed by atoms with Crippen molar-refractivity contribution in [1.29, 1.82) is 0 Å². The van der Waals surface area contributed by atoms with Crippen LogP contribution in [0.4, 0.5) is 0 Å². The van der Waals surface area contributed by atoms with Gasteiger partial charge in [-0.25, -0.2) is 9.78 Å². The minimum Gasteiger partial charge on any atom is -0.480 e. The van der Waals surface area contributed by atoms with E-state index in [1.54, 1.807) is 6.07 Å². The fraction of sp³-hybridized carbons (Fsp3) is 0.278. The Kier molecular flexibility index (Phi) is 4.01. The maximum Gasteiger partial charge on any atom is 0.329 e. The van der Waals surface area contributed by atoms with Crippen LogP contribution in [0.3, 0.4) is 0 Å². The molecule has 0 radical (unpaired) electrons. The summed E-state index contributed by atoms with van der Waals surface area (Å²) in [5.41, 5.74) is -0.636. The van der Waals surface area contributed by atoms with E-state index in [2.05, 4.69) is 4.98 Å². The number of aliphatic carboxylic acids is 1. The summed E-state index contributed by atoms with van der Waals surface area (Å²) in [4.78, 5) is 30.8. The highest BCUT2D eigenvalue weighted by molar-refractivity contribution is 7.21. The number of hydrogen-bond acceptors (Lipinski definition) is 4. The number of benzene rings is 1. The molecule has 0 saturated carbocycles. The van der Waals surface area contributed by atoms with Gasteiger partial charge in [-0.05, 0) is 25.5 Å². The van der Waals surface area contributed by atoms with Gasteiger partial charge in [0.2, 0.25) is 0 Å². The molecule has 0 amide bonds. The van der Waals surface area contributed by atoms with Crippen LogP contribution in [0.15, 0.2) is 41.2 Å². The van der Waals surface area contributed by atoms with Gasteiger partial charge < -0.3 is 5.11 Å². The molecule has 5 nitrogen and oxygen atoms in total.